The molecule has 3 aromatic heterocycles. The molecule has 1 aromatic carbocycles. The van der Waals surface area contributed by atoms with Crippen LogP contribution in [0.2, 0.25) is 0 Å². The molecule has 0 aliphatic heterocycles. The Labute approximate surface area is 174 Å². The molecule has 29 heavy (non-hydrogen) atoms. The molecule has 0 fully saturated rings. The van der Waals surface area contributed by atoms with E-state index in [1.807, 2.05) is 41.1 Å². The zero-order chi connectivity index (χ0) is 19.7. The fraction of sp³-hybridized carbons (Fsp3) is 0. The highest BCUT2D eigenvalue weighted by Gasteiger charge is 2.05. The van der Waals surface area contributed by atoms with Gasteiger partial charge in [-0.3, -0.25) is 5.43 Å². The van der Waals surface area contributed by atoms with Crippen LogP contribution < -0.4 is 16.2 Å². The summed E-state index contributed by atoms with van der Waals surface area (Å²) >= 11 is 2.98. The molecule has 0 bridgehead atoms. The number of rotatable bonds is 8. The summed E-state index contributed by atoms with van der Waals surface area (Å²) in [6.45, 7) is 0. The van der Waals surface area contributed by atoms with Crippen molar-refractivity contribution in [1.82, 2.24) is 19.9 Å². The third-order valence-corrected chi connectivity index (χ3v) is 4.79. The standard InChI is InChI=1S/C18H15N9S2/c1-2-4-13(5-3-1)23-14-10-15(26-21-11-16-19-6-8-28-16)25-18(24-14)27-22-12-17-20-7-9-29-17/h1-12H,(H3,23,24,25,26,27). The topological polar surface area (TPSA) is 112 Å². The van der Waals surface area contributed by atoms with Gasteiger partial charge in [-0.25, -0.2) is 15.4 Å². The van der Waals surface area contributed by atoms with E-state index < -0.39 is 0 Å². The van der Waals surface area contributed by atoms with E-state index in [1.54, 1.807) is 30.9 Å². The number of anilines is 4. The predicted octanol–water partition coefficient (Wildman–Crippen LogP) is 4.03. The van der Waals surface area contributed by atoms with Gasteiger partial charge in [-0.1, -0.05) is 18.2 Å². The lowest BCUT2D eigenvalue weighted by Crippen LogP contribution is -2.04. The number of hydrogen-bond acceptors (Lipinski definition) is 11. The molecule has 0 spiro atoms. The van der Waals surface area contributed by atoms with E-state index >= 15 is 0 Å². The molecule has 0 radical (unpaired) electrons. The van der Waals surface area contributed by atoms with Crippen molar-refractivity contribution in [3.8, 4) is 0 Å². The second-order valence-electron chi connectivity index (χ2n) is 5.43. The van der Waals surface area contributed by atoms with Gasteiger partial charge in [0.25, 0.3) is 0 Å². The molecule has 3 N–H and O–H groups in total. The molecule has 0 atom stereocenters. The smallest absolute Gasteiger partial charge is 0.247 e. The first-order chi connectivity index (χ1) is 14.3. The van der Waals surface area contributed by atoms with Crippen LogP contribution in [-0.4, -0.2) is 32.4 Å². The van der Waals surface area contributed by atoms with Crippen molar-refractivity contribution in [2.75, 3.05) is 16.2 Å². The molecule has 11 heteroatoms. The minimum atomic E-state index is 0.311. The number of hydrazone groups is 2. The third kappa shape index (κ3) is 5.64. The van der Waals surface area contributed by atoms with Crippen molar-refractivity contribution in [3.63, 3.8) is 0 Å². The first kappa shape index (κ1) is 18.7. The monoisotopic (exact) mass is 421 g/mol. The first-order valence-electron chi connectivity index (χ1n) is 8.43. The summed E-state index contributed by atoms with van der Waals surface area (Å²) in [4.78, 5) is 17.1. The molecular weight excluding hydrogens is 406 g/mol. The van der Waals surface area contributed by atoms with E-state index in [2.05, 4.69) is 46.3 Å². The van der Waals surface area contributed by atoms with Crippen LogP contribution in [0.4, 0.5) is 23.3 Å². The van der Waals surface area contributed by atoms with Crippen LogP contribution in [0.15, 0.2) is 69.8 Å². The van der Waals surface area contributed by atoms with Gasteiger partial charge >= 0.3 is 0 Å². The molecule has 144 valence electrons. The van der Waals surface area contributed by atoms with Gasteiger partial charge in [0.1, 0.15) is 15.8 Å². The largest absolute Gasteiger partial charge is 0.340 e. The minimum Gasteiger partial charge on any atom is -0.340 e. The fourth-order valence-corrected chi connectivity index (χ4v) is 3.18. The van der Waals surface area contributed by atoms with Gasteiger partial charge in [-0.05, 0) is 12.1 Å². The van der Waals surface area contributed by atoms with Crippen LogP contribution in [0.3, 0.4) is 0 Å². The van der Waals surface area contributed by atoms with E-state index in [4.69, 9.17) is 0 Å². The zero-order valence-electron chi connectivity index (χ0n) is 14.9. The number of nitrogens with one attached hydrogen (secondary N) is 3. The summed E-state index contributed by atoms with van der Waals surface area (Å²) < 4.78 is 0. The minimum absolute atomic E-state index is 0.311. The van der Waals surface area contributed by atoms with E-state index in [1.165, 1.54) is 22.7 Å². The SMILES string of the molecule is C(=NNc1cc(Nc2ccccc2)nc(NN=Cc2nccs2)n1)c1nccs1. The molecule has 4 aromatic rings. The maximum atomic E-state index is 4.44. The quantitative estimate of drug-likeness (QED) is 0.291. The number of hydrogen-bond donors (Lipinski definition) is 3. The highest BCUT2D eigenvalue weighted by molar-refractivity contribution is 7.11. The Balaban J connectivity index is 1.52. The van der Waals surface area contributed by atoms with E-state index in [0.717, 1.165) is 15.7 Å². The van der Waals surface area contributed by atoms with Gasteiger partial charge in [-0.2, -0.15) is 20.2 Å². The molecule has 3 heterocycles. The summed E-state index contributed by atoms with van der Waals surface area (Å²) in [5.74, 6) is 1.40. The average Bonchev–Trinajstić information content (AvgIpc) is 3.43. The molecular formula is C18H15N9S2. The Morgan fingerprint density at radius 1 is 0.793 bits per heavy atom. The van der Waals surface area contributed by atoms with E-state index in [0.29, 0.717) is 17.6 Å². The zero-order valence-corrected chi connectivity index (χ0v) is 16.6. The van der Waals surface area contributed by atoms with Gasteiger partial charge in [0.05, 0.1) is 12.4 Å². The molecule has 9 nitrogen and oxygen atoms in total. The Morgan fingerprint density at radius 3 is 2.10 bits per heavy atom. The number of benzene rings is 1. The number of para-hydroxylation sites is 1. The summed E-state index contributed by atoms with van der Waals surface area (Å²) in [5.41, 5.74) is 6.62. The van der Waals surface area contributed by atoms with Crippen molar-refractivity contribution < 1.29 is 0 Å². The lowest BCUT2D eigenvalue weighted by Gasteiger charge is -2.09. The van der Waals surface area contributed by atoms with Crippen LogP contribution in [0.25, 0.3) is 0 Å². The maximum Gasteiger partial charge on any atom is 0.247 e. The second-order valence-corrected chi connectivity index (χ2v) is 7.29. The summed E-state index contributed by atoms with van der Waals surface area (Å²) in [5, 5.41) is 16.9. The normalized spacial score (nSPS) is 11.2. The molecule has 0 aliphatic rings. The highest BCUT2D eigenvalue weighted by atomic mass is 32.1. The van der Waals surface area contributed by atoms with Crippen LogP contribution in [-0.2, 0) is 0 Å². The molecule has 0 aliphatic carbocycles. The molecule has 0 saturated carbocycles. The second kappa shape index (κ2) is 9.48. The van der Waals surface area contributed by atoms with Gasteiger partial charge in [0.2, 0.25) is 5.95 Å². The maximum absolute atomic E-state index is 4.44. The summed E-state index contributed by atoms with van der Waals surface area (Å²) in [7, 11) is 0. The Hall–Kier alpha value is -3.70. The lowest BCUT2D eigenvalue weighted by molar-refractivity contribution is 1.10. The Morgan fingerprint density at radius 2 is 1.45 bits per heavy atom. The van der Waals surface area contributed by atoms with Crippen molar-refractivity contribution in [1.29, 1.82) is 0 Å². The fourth-order valence-electron chi connectivity index (χ4n) is 2.18. The average molecular weight is 422 g/mol. The van der Waals surface area contributed by atoms with Crippen molar-refractivity contribution >= 4 is 58.4 Å². The van der Waals surface area contributed by atoms with Gasteiger partial charge in [0.15, 0.2) is 5.82 Å². The summed E-state index contributed by atoms with van der Waals surface area (Å²) in [6, 6.07) is 11.5. The van der Waals surface area contributed by atoms with Crippen LogP contribution in [0, 0.1) is 0 Å². The molecule has 0 amide bonds. The lowest BCUT2D eigenvalue weighted by atomic mass is 10.3. The number of aromatic nitrogens is 4. The number of thiazole rings is 2. The molecule has 0 unspecified atom stereocenters. The van der Waals surface area contributed by atoms with Crippen LogP contribution in [0.1, 0.15) is 10.0 Å². The molecule has 4 rings (SSSR count). The van der Waals surface area contributed by atoms with Crippen molar-refractivity contribution in [2.24, 2.45) is 10.2 Å². The Bertz CT molecular complexity index is 1010. The van der Waals surface area contributed by atoms with Gasteiger partial charge < -0.3 is 5.32 Å². The van der Waals surface area contributed by atoms with Crippen LogP contribution >= 0.6 is 22.7 Å². The third-order valence-electron chi connectivity index (χ3n) is 3.37. The Kier molecular flexibility index (Phi) is 6.10. The summed E-state index contributed by atoms with van der Waals surface area (Å²) in [6.07, 6.45) is 6.68. The number of nitrogens with zero attached hydrogens (tertiary/aromatic N) is 6. The van der Waals surface area contributed by atoms with E-state index in [9.17, 15) is 0 Å². The van der Waals surface area contributed by atoms with Gasteiger partial charge in [0, 0.05) is 34.9 Å². The van der Waals surface area contributed by atoms with E-state index in [-0.39, 0.29) is 0 Å². The molecule has 0 saturated heterocycles. The van der Waals surface area contributed by atoms with Gasteiger partial charge in [-0.15, -0.1) is 22.7 Å². The van der Waals surface area contributed by atoms with Crippen molar-refractivity contribution in [2.45, 2.75) is 0 Å². The first-order valence-corrected chi connectivity index (χ1v) is 10.2. The highest BCUT2D eigenvalue weighted by Crippen LogP contribution is 2.19. The van der Waals surface area contributed by atoms with Crippen molar-refractivity contribution in [3.05, 3.63) is 69.6 Å². The predicted molar refractivity (Wildman–Crippen MR) is 118 cm³/mol. The van der Waals surface area contributed by atoms with Crippen LogP contribution in [0.5, 0.6) is 0 Å².